The van der Waals surface area contributed by atoms with Crippen molar-refractivity contribution in [3.63, 3.8) is 0 Å². The van der Waals surface area contributed by atoms with Crippen molar-refractivity contribution in [1.29, 1.82) is 0 Å². The van der Waals surface area contributed by atoms with Crippen molar-refractivity contribution in [3.05, 3.63) is 53.1 Å². The number of nitrogen functional groups attached to an aromatic ring is 1. The second-order valence-electron chi connectivity index (χ2n) is 4.63. The minimum atomic E-state index is -0.0813. The Kier molecular flexibility index (Phi) is 3.24. The number of halogens is 1. The number of anilines is 2. The molecule has 1 amide bonds. The van der Waals surface area contributed by atoms with E-state index in [0.29, 0.717) is 23.0 Å². The number of carbonyl (C=O) groups is 1. The number of ether oxygens (including phenoxy) is 1. The Morgan fingerprint density at radius 2 is 2.10 bits per heavy atom. The summed E-state index contributed by atoms with van der Waals surface area (Å²) in [5.74, 6) is 0.550. The molecule has 1 heterocycles. The summed E-state index contributed by atoms with van der Waals surface area (Å²) in [4.78, 5) is 13.8. The van der Waals surface area contributed by atoms with Gasteiger partial charge in [0.25, 0.3) is 5.91 Å². The lowest BCUT2D eigenvalue weighted by Gasteiger charge is -2.29. The normalized spacial score (nSPS) is 13.8. The standard InChI is InChI=1S/C15H13ClN2O2/c16-11-3-1-2-10(6-11)8-18-13-5-4-12(17)7-14(13)20-9-15(18)19/h1-7H,8-9,17H2. The van der Waals surface area contributed by atoms with E-state index in [0.717, 1.165) is 11.3 Å². The van der Waals surface area contributed by atoms with Crippen molar-refractivity contribution in [1.82, 2.24) is 0 Å². The molecule has 0 atom stereocenters. The SMILES string of the molecule is Nc1ccc2c(c1)OCC(=O)N2Cc1cccc(Cl)c1. The molecule has 102 valence electrons. The molecule has 1 aliphatic heterocycles. The minimum Gasteiger partial charge on any atom is -0.481 e. The zero-order valence-electron chi connectivity index (χ0n) is 10.7. The van der Waals surface area contributed by atoms with Crippen LogP contribution in [-0.2, 0) is 11.3 Å². The maximum atomic E-state index is 12.1. The van der Waals surface area contributed by atoms with Gasteiger partial charge >= 0.3 is 0 Å². The molecule has 4 nitrogen and oxygen atoms in total. The lowest BCUT2D eigenvalue weighted by atomic mass is 10.1. The zero-order valence-corrected chi connectivity index (χ0v) is 11.4. The molecule has 0 saturated heterocycles. The summed E-state index contributed by atoms with van der Waals surface area (Å²) in [5.41, 5.74) is 8.05. The van der Waals surface area contributed by atoms with Gasteiger partial charge in [-0.15, -0.1) is 0 Å². The predicted molar refractivity (Wildman–Crippen MR) is 79.0 cm³/mol. The van der Waals surface area contributed by atoms with Crippen molar-refractivity contribution < 1.29 is 9.53 Å². The Morgan fingerprint density at radius 3 is 2.90 bits per heavy atom. The first kappa shape index (κ1) is 12.8. The van der Waals surface area contributed by atoms with Gasteiger partial charge in [-0.2, -0.15) is 0 Å². The van der Waals surface area contributed by atoms with Gasteiger partial charge in [0, 0.05) is 16.8 Å². The van der Waals surface area contributed by atoms with Crippen LogP contribution in [0.4, 0.5) is 11.4 Å². The minimum absolute atomic E-state index is 0.0248. The highest BCUT2D eigenvalue weighted by atomic mass is 35.5. The molecule has 2 aromatic carbocycles. The van der Waals surface area contributed by atoms with Gasteiger partial charge in [-0.25, -0.2) is 0 Å². The van der Waals surface area contributed by atoms with Crippen LogP contribution in [0.1, 0.15) is 5.56 Å². The molecule has 0 bridgehead atoms. The van der Waals surface area contributed by atoms with Gasteiger partial charge < -0.3 is 15.4 Å². The van der Waals surface area contributed by atoms with E-state index in [1.54, 1.807) is 29.2 Å². The van der Waals surface area contributed by atoms with Crippen molar-refractivity contribution in [2.45, 2.75) is 6.54 Å². The topological polar surface area (TPSA) is 55.6 Å². The molecule has 0 unspecified atom stereocenters. The number of hydrogen-bond donors (Lipinski definition) is 1. The molecule has 2 N–H and O–H groups in total. The summed E-state index contributed by atoms with van der Waals surface area (Å²) >= 11 is 5.98. The number of nitrogens with zero attached hydrogens (tertiary/aromatic N) is 1. The van der Waals surface area contributed by atoms with Crippen molar-refractivity contribution >= 4 is 28.9 Å². The van der Waals surface area contributed by atoms with Crippen LogP contribution in [0.25, 0.3) is 0 Å². The van der Waals surface area contributed by atoms with Crippen LogP contribution in [0.5, 0.6) is 5.75 Å². The summed E-state index contributed by atoms with van der Waals surface area (Å²) < 4.78 is 5.41. The fraction of sp³-hybridized carbons (Fsp3) is 0.133. The molecule has 0 saturated carbocycles. The summed E-state index contributed by atoms with van der Waals surface area (Å²) in [6, 6.07) is 12.7. The summed E-state index contributed by atoms with van der Waals surface area (Å²) in [6.45, 7) is 0.483. The molecule has 0 fully saturated rings. The number of fused-ring (bicyclic) bond motifs is 1. The molecule has 2 aromatic rings. The highest BCUT2D eigenvalue weighted by molar-refractivity contribution is 6.30. The highest BCUT2D eigenvalue weighted by Crippen LogP contribution is 2.34. The molecule has 20 heavy (non-hydrogen) atoms. The number of amides is 1. The van der Waals surface area contributed by atoms with E-state index in [4.69, 9.17) is 22.1 Å². The first-order valence-corrected chi connectivity index (χ1v) is 6.58. The molecular weight excluding hydrogens is 276 g/mol. The largest absolute Gasteiger partial charge is 0.481 e. The average Bonchev–Trinajstić information content (AvgIpc) is 2.42. The van der Waals surface area contributed by atoms with E-state index in [1.165, 1.54) is 0 Å². The summed E-state index contributed by atoms with van der Waals surface area (Å²) in [7, 11) is 0. The van der Waals surface area contributed by atoms with Gasteiger partial charge in [0.2, 0.25) is 0 Å². The number of hydrogen-bond acceptors (Lipinski definition) is 3. The van der Waals surface area contributed by atoms with Gasteiger partial charge in [-0.05, 0) is 29.8 Å². The first-order chi connectivity index (χ1) is 9.63. The predicted octanol–water partition coefficient (Wildman–Crippen LogP) is 2.85. The fourth-order valence-electron chi connectivity index (χ4n) is 2.21. The molecule has 0 aromatic heterocycles. The number of nitrogens with two attached hydrogens (primary N) is 1. The molecule has 0 aliphatic carbocycles. The maximum absolute atomic E-state index is 12.1. The lowest BCUT2D eigenvalue weighted by Crippen LogP contribution is -2.38. The maximum Gasteiger partial charge on any atom is 0.265 e. The van der Waals surface area contributed by atoms with Gasteiger partial charge in [0.05, 0.1) is 12.2 Å². The van der Waals surface area contributed by atoms with E-state index in [2.05, 4.69) is 0 Å². The van der Waals surface area contributed by atoms with Crippen LogP contribution in [0.3, 0.4) is 0 Å². The van der Waals surface area contributed by atoms with Crippen LogP contribution in [0.15, 0.2) is 42.5 Å². The Labute approximate surface area is 121 Å². The first-order valence-electron chi connectivity index (χ1n) is 6.20. The fourth-order valence-corrected chi connectivity index (χ4v) is 2.43. The van der Waals surface area contributed by atoms with Crippen molar-refractivity contribution in [2.24, 2.45) is 0 Å². The molecule has 0 spiro atoms. The zero-order chi connectivity index (χ0) is 14.1. The number of benzene rings is 2. The summed E-state index contributed by atoms with van der Waals surface area (Å²) in [5, 5.41) is 0.653. The monoisotopic (exact) mass is 288 g/mol. The Bertz CT molecular complexity index is 673. The third-order valence-electron chi connectivity index (χ3n) is 3.16. The summed E-state index contributed by atoms with van der Waals surface area (Å²) in [6.07, 6.45) is 0. The molecule has 1 aliphatic rings. The average molecular weight is 289 g/mol. The van der Waals surface area contributed by atoms with Crippen LogP contribution >= 0.6 is 11.6 Å². The van der Waals surface area contributed by atoms with Crippen LogP contribution in [-0.4, -0.2) is 12.5 Å². The Hall–Kier alpha value is -2.20. The number of carbonyl (C=O) groups excluding carboxylic acids is 1. The highest BCUT2D eigenvalue weighted by Gasteiger charge is 2.25. The van der Waals surface area contributed by atoms with Gasteiger partial charge in [0.1, 0.15) is 5.75 Å². The van der Waals surface area contributed by atoms with Crippen LogP contribution in [0, 0.1) is 0 Å². The third-order valence-corrected chi connectivity index (χ3v) is 3.39. The van der Waals surface area contributed by atoms with Gasteiger partial charge in [0.15, 0.2) is 6.61 Å². The van der Waals surface area contributed by atoms with Crippen molar-refractivity contribution in [2.75, 3.05) is 17.2 Å². The van der Waals surface area contributed by atoms with E-state index in [1.807, 2.05) is 18.2 Å². The quantitative estimate of drug-likeness (QED) is 0.865. The second-order valence-corrected chi connectivity index (χ2v) is 5.06. The number of rotatable bonds is 2. The van der Waals surface area contributed by atoms with Crippen molar-refractivity contribution in [3.8, 4) is 5.75 Å². The van der Waals surface area contributed by atoms with E-state index >= 15 is 0 Å². The van der Waals surface area contributed by atoms with E-state index < -0.39 is 0 Å². The van der Waals surface area contributed by atoms with Gasteiger partial charge in [-0.1, -0.05) is 23.7 Å². The van der Waals surface area contributed by atoms with Crippen LogP contribution in [0.2, 0.25) is 5.02 Å². The molecule has 5 heteroatoms. The van der Waals surface area contributed by atoms with Gasteiger partial charge in [-0.3, -0.25) is 4.79 Å². The van der Waals surface area contributed by atoms with E-state index in [9.17, 15) is 4.79 Å². The lowest BCUT2D eigenvalue weighted by molar-refractivity contribution is -0.121. The smallest absolute Gasteiger partial charge is 0.265 e. The third kappa shape index (κ3) is 2.42. The van der Waals surface area contributed by atoms with E-state index in [-0.39, 0.29) is 12.5 Å². The second kappa shape index (κ2) is 5.06. The Balaban J connectivity index is 1.95. The van der Waals surface area contributed by atoms with Crippen LogP contribution < -0.4 is 15.4 Å². The molecule has 3 rings (SSSR count). The molecular formula is C15H13ClN2O2. The molecule has 0 radical (unpaired) electrons. The Morgan fingerprint density at radius 1 is 1.25 bits per heavy atom.